The van der Waals surface area contributed by atoms with Crippen LogP contribution < -0.4 is 0 Å². The summed E-state index contributed by atoms with van der Waals surface area (Å²) in [6.07, 6.45) is 7.29. The maximum Gasteiger partial charge on any atom is 0.260 e. The van der Waals surface area contributed by atoms with Crippen LogP contribution >= 0.6 is 0 Å². The second-order valence-electron chi connectivity index (χ2n) is 5.98. The molecule has 1 aromatic rings. The van der Waals surface area contributed by atoms with Crippen LogP contribution in [0.15, 0.2) is 48.0 Å². The summed E-state index contributed by atoms with van der Waals surface area (Å²) in [5.41, 5.74) is 0.0383. The van der Waals surface area contributed by atoms with Crippen LogP contribution in [-0.2, 0) is 4.79 Å². The Morgan fingerprint density at radius 3 is 2.78 bits per heavy atom. The Hall–Kier alpha value is -2.23. The van der Waals surface area contributed by atoms with Crippen LogP contribution in [0.2, 0.25) is 0 Å². The van der Waals surface area contributed by atoms with E-state index in [0.717, 1.165) is 19.3 Å². The molecular weight excluding hydrogens is 288 g/mol. The number of amides is 2. The summed E-state index contributed by atoms with van der Waals surface area (Å²) in [6, 6.07) is 9.00. The average molecular weight is 312 g/mol. The van der Waals surface area contributed by atoms with Gasteiger partial charge in [-0.3, -0.25) is 14.5 Å². The molecule has 1 saturated heterocycles. The zero-order chi connectivity index (χ0) is 16.7. The molecule has 122 valence electrons. The van der Waals surface area contributed by atoms with Crippen LogP contribution in [0.1, 0.15) is 42.5 Å². The van der Waals surface area contributed by atoms with Crippen molar-refractivity contribution >= 4 is 18.0 Å². The number of likely N-dealkylation sites (tertiary alicyclic amines) is 1. The third kappa shape index (κ3) is 3.76. The summed E-state index contributed by atoms with van der Waals surface area (Å²) >= 11 is 0. The molecule has 4 heteroatoms. The van der Waals surface area contributed by atoms with Crippen molar-refractivity contribution in [2.75, 3.05) is 13.6 Å². The summed E-state index contributed by atoms with van der Waals surface area (Å²) in [5, 5.41) is 0. The Morgan fingerprint density at radius 2 is 2.13 bits per heavy atom. The zero-order valence-corrected chi connectivity index (χ0v) is 13.7. The molecule has 0 aliphatic carbocycles. The second kappa shape index (κ2) is 7.86. The smallest absolute Gasteiger partial charge is 0.260 e. The van der Waals surface area contributed by atoms with Crippen molar-refractivity contribution < 1.29 is 9.59 Å². The van der Waals surface area contributed by atoms with E-state index in [9.17, 15) is 9.59 Å². The van der Waals surface area contributed by atoms with E-state index < -0.39 is 5.41 Å². The van der Waals surface area contributed by atoms with E-state index in [-0.39, 0.29) is 11.8 Å². The zero-order valence-electron chi connectivity index (χ0n) is 13.7. The van der Waals surface area contributed by atoms with Gasteiger partial charge in [0.15, 0.2) is 0 Å². The second-order valence-corrected chi connectivity index (χ2v) is 5.98. The predicted molar refractivity (Wildman–Crippen MR) is 92.6 cm³/mol. The summed E-state index contributed by atoms with van der Waals surface area (Å²) in [7, 11) is 1.73. The molecule has 1 atom stereocenters. The van der Waals surface area contributed by atoms with Crippen LogP contribution in [0.25, 0.3) is 0 Å². The minimum Gasteiger partial charge on any atom is -0.301 e. The number of benzene rings is 1. The maximum absolute atomic E-state index is 13.1. The minimum absolute atomic E-state index is 0.0676. The first kappa shape index (κ1) is 17.1. The quantitative estimate of drug-likeness (QED) is 0.458. The summed E-state index contributed by atoms with van der Waals surface area (Å²) in [4.78, 5) is 31.2. The summed E-state index contributed by atoms with van der Waals surface area (Å²) < 4.78 is 0. The molecule has 1 aromatic carbocycles. The van der Waals surface area contributed by atoms with Crippen LogP contribution in [0.4, 0.5) is 0 Å². The number of piperidine rings is 1. The van der Waals surface area contributed by atoms with Crippen molar-refractivity contribution in [3.05, 3.63) is 48.6 Å². The molecule has 2 rings (SSSR count). The van der Waals surface area contributed by atoms with Gasteiger partial charge in [0.25, 0.3) is 5.91 Å². The Balaban J connectivity index is 2.23. The number of aliphatic imine (C=N–C) groups is 1. The molecule has 0 radical (unpaired) electrons. The highest BCUT2D eigenvalue weighted by Crippen LogP contribution is 2.39. The lowest BCUT2D eigenvalue weighted by molar-refractivity contribution is -0.143. The fourth-order valence-corrected chi connectivity index (χ4v) is 3.27. The van der Waals surface area contributed by atoms with Crippen molar-refractivity contribution in [1.29, 1.82) is 0 Å². The molecule has 1 aliphatic rings. The molecule has 2 amide bonds. The largest absolute Gasteiger partial charge is 0.301 e. The van der Waals surface area contributed by atoms with Gasteiger partial charge in [-0.1, -0.05) is 24.3 Å². The van der Waals surface area contributed by atoms with E-state index in [0.29, 0.717) is 24.9 Å². The molecule has 0 N–H and O–H groups in total. The molecule has 4 nitrogen and oxygen atoms in total. The molecule has 0 spiro atoms. The highest BCUT2D eigenvalue weighted by molar-refractivity contribution is 6.06. The van der Waals surface area contributed by atoms with Crippen LogP contribution in [-0.4, -0.2) is 36.5 Å². The van der Waals surface area contributed by atoms with E-state index in [1.165, 1.54) is 4.90 Å². The number of carbonyl (C=O) groups excluding carboxylic acids is 2. The molecular formula is C19H24N2O2. The van der Waals surface area contributed by atoms with Crippen LogP contribution in [0, 0.1) is 5.41 Å². The first-order chi connectivity index (χ1) is 11.1. The molecule has 0 unspecified atom stereocenters. The fourth-order valence-electron chi connectivity index (χ4n) is 3.27. The van der Waals surface area contributed by atoms with Crippen molar-refractivity contribution in [2.24, 2.45) is 10.4 Å². The van der Waals surface area contributed by atoms with E-state index in [1.54, 1.807) is 25.3 Å². The van der Waals surface area contributed by atoms with Gasteiger partial charge in [0, 0.05) is 19.2 Å². The lowest BCUT2D eigenvalue weighted by Crippen LogP contribution is -2.51. The van der Waals surface area contributed by atoms with Gasteiger partial charge >= 0.3 is 0 Å². The standard InChI is InChI=1S/C19H24N2O2/c1-3-11-19(12-7-14-20-2)13-8-15-21(18(19)23)17(22)16-9-5-4-6-10-16/h3-6,9-10,14H,1,7-8,11-13,15H2,2H3/b20-14+/t19-/m0/s1. The molecule has 1 aliphatic heterocycles. The lowest BCUT2D eigenvalue weighted by Gasteiger charge is -2.40. The SMILES string of the molecule is C=CC[C@]1(CC/C=N/C)CCCN(C(=O)c2ccccc2)C1=O. The average Bonchev–Trinajstić information content (AvgIpc) is 2.58. The van der Waals surface area contributed by atoms with E-state index in [1.807, 2.05) is 24.4 Å². The van der Waals surface area contributed by atoms with Gasteiger partial charge in [-0.2, -0.15) is 0 Å². The Morgan fingerprint density at radius 1 is 1.39 bits per heavy atom. The van der Waals surface area contributed by atoms with Gasteiger partial charge in [-0.15, -0.1) is 6.58 Å². The van der Waals surface area contributed by atoms with Gasteiger partial charge < -0.3 is 4.99 Å². The van der Waals surface area contributed by atoms with E-state index in [2.05, 4.69) is 11.6 Å². The van der Waals surface area contributed by atoms with Crippen LogP contribution in [0.5, 0.6) is 0 Å². The normalized spacial score (nSPS) is 21.6. The summed E-state index contributed by atoms with van der Waals surface area (Å²) in [6.45, 7) is 4.29. The number of rotatable bonds is 6. The Labute approximate surface area is 137 Å². The topological polar surface area (TPSA) is 49.7 Å². The van der Waals surface area contributed by atoms with Crippen LogP contribution in [0.3, 0.4) is 0 Å². The van der Waals surface area contributed by atoms with Crippen molar-refractivity contribution in [1.82, 2.24) is 4.90 Å². The predicted octanol–water partition coefficient (Wildman–Crippen LogP) is 3.49. The number of carbonyl (C=O) groups is 2. The highest BCUT2D eigenvalue weighted by atomic mass is 16.2. The van der Waals surface area contributed by atoms with Gasteiger partial charge in [-0.25, -0.2) is 0 Å². The van der Waals surface area contributed by atoms with Crippen molar-refractivity contribution in [3.63, 3.8) is 0 Å². The maximum atomic E-state index is 13.1. The van der Waals surface area contributed by atoms with Gasteiger partial charge in [-0.05, 0) is 50.5 Å². The first-order valence-corrected chi connectivity index (χ1v) is 8.07. The summed E-state index contributed by atoms with van der Waals surface area (Å²) in [5.74, 6) is -0.269. The number of imide groups is 1. The highest BCUT2D eigenvalue weighted by Gasteiger charge is 2.44. The molecule has 0 aromatic heterocycles. The third-order valence-corrected chi connectivity index (χ3v) is 4.47. The molecule has 0 saturated carbocycles. The number of hydrogen-bond donors (Lipinski definition) is 0. The van der Waals surface area contributed by atoms with Crippen molar-refractivity contribution in [2.45, 2.75) is 32.1 Å². The number of hydrogen-bond acceptors (Lipinski definition) is 3. The fraction of sp³-hybridized carbons (Fsp3) is 0.421. The van der Waals surface area contributed by atoms with Gasteiger partial charge in [0.2, 0.25) is 5.91 Å². The van der Waals surface area contributed by atoms with Gasteiger partial charge in [0.05, 0.1) is 5.41 Å². The number of nitrogens with zero attached hydrogens (tertiary/aromatic N) is 2. The van der Waals surface area contributed by atoms with E-state index >= 15 is 0 Å². The molecule has 1 fully saturated rings. The lowest BCUT2D eigenvalue weighted by atomic mass is 9.73. The Kier molecular flexibility index (Phi) is 5.85. The first-order valence-electron chi connectivity index (χ1n) is 8.07. The Bertz CT molecular complexity index is 595. The van der Waals surface area contributed by atoms with E-state index in [4.69, 9.17) is 0 Å². The molecule has 1 heterocycles. The van der Waals surface area contributed by atoms with Gasteiger partial charge in [0.1, 0.15) is 0 Å². The minimum atomic E-state index is -0.522. The molecule has 0 bridgehead atoms. The van der Waals surface area contributed by atoms with Crippen molar-refractivity contribution in [3.8, 4) is 0 Å². The number of allylic oxidation sites excluding steroid dienone is 1. The monoisotopic (exact) mass is 312 g/mol. The molecule has 23 heavy (non-hydrogen) atoms. The third-order valence-electron chi connectivity index (χ3n) is 4.47.